The molecule has 1 amide bonds. The van der Waals surface area contributed by atoms with Crippen molar-refractivity contribution >= 4 is 27.5 Å². The monoisotopic (exact) mass is 324 g/mol. The molecule has 4 heteroatoms. The molecule has 1 aromatic rings. The Kier molecular flexibility index (Phi) is 5.25. The molecule has 2 rings (SSSR count). The van der Waals surface area contributed by atoms with Crippen LogP contribution in [0, 0.1) is 5.92 Å². The topological polar surface area (TPSA) is 41.1 Å². The van der Waals surface area contributed by atoms with Crippen molar-refractivity contribution < 1.29 is 4.79 Å². The third kappa shape index (κ3) is 4.53. The smallest absolute Gasteiger partial charge is 0.239 e. The quantitative estimate of drug-likeness (QED) is 0.889. The zero-order valence-electron chi connectivity index (χ0n) is 11.3. The summed E-state index contributed by atoms with van der Waals surface area (Å²) in [5.74, 6) is 0.687. The Hall–Kier alpha value is -1.03. The highest BCUT2D eigenvalue weighted by molar-refractivity contribution is 9.10. The first-order valence-electron chi connectivity index (χ1n) is 6.94. The third-order valence-corrected chi connectivity index (χ3v) is 4.28. The summed E-state index contributed by atoms with van der Waals surface area (Å²) in [6.45, 7) is 2.57. The summed E-state index contributed by atoms with van der Waals surface area (Å²) in [6.07, 6.45) is 4.87. The number of carbonyl (C=O) groups excluding carboxylic acids is 1. The van der Waals surface area contributed by atoms with E-state index in [-0.39, 0.29) is 5.91 Å². The van der Waals surface area contributed by atoms with Crippen LogP contribution in [0.4, 0.5) is 5.69 Å². The van der Waals surface area contributed by atoms with Gasteiger partial charge in [-0.05, 0) is 43.0 Å². The van der Waals surface area contributed by atoms with Crippen LogP contribution in [0.2, 0.25) is 0 Å². The average molecular weight is 325 g/mol. The molecule has 2 N–H and O–H groups in total. The van der Waals surface area contributed by atoms with Crippen LogP contribution in [-0.2, 0) is 4.79 Å². The molecule has 0 bridgehead atoms. The molecule has 2 atom stereocenters. The fourth-order valence-electron chi connectivity index (χ4n) is 2.54. The van der Waals surface area contributed by atoms with Crippen molar-refractivity contribution in [2.75, 3.05) is 11.9 Å². The van der Waals surface area contributed by atoms with Crippen molar-refractivity contribution in [1.29, 1.82) is 0 Å². The van der Waals surface area contributed by atoms with Crippen LogP contribution in [0.1, 0.15) is 32.6 Å². The van der Waals surface area contributed by atoms with Gasteiger partial charge in [-0.3, -0.25) is 4.79 Å². The fraction of sp³-hybridized carbons (Fsp3) is 0.533. The molecule has 1 aliphatic rings. The van der Waals surface area contributed by atoms with Gasteiger partial charge in [-0.25, -0.2) is 0 Å². The molecular formula is C15H21BrN2O. The van der Waals surface area contributed by atoms with Gasteiger partial charge in [0.1, 0.15) is 0 Å². The van der Waals surface area contributed by atoms with E-state index in [2.05, 4.69) is 33.5 Å². The van der Waals surface area contributed by atoms with Gasteiger partial charge in [0.2, 0.25) is 5.91 Å². The SMILES string of the molecule is C[C@@H]1CCCC[C@H]1NC(=O)CNc1ccc(Br)cc1. The molecule has 0 unspecified atom stereocenters. The van der Waals surface area contributed by atoms with Gasteiger partial charge in [0.25, 0.3) is 0 Å². The van der Waals surface area contributed by atoms with Crippen molar-refractivity contribution in [3.8, 4) is 0 Å². The molecule has 1 aliphatic carbocycles. The van der Waals surface area contributed by atoms with Gasteiger partial charge in [0, 0.05) is 16.2 Å². The molecule has 0 radical (unpaired) electrons. The molecule has 19 heavy (non-hydrogen) atoms. The van der Waals surface area contributed by atoms with E-state index >= 15 is 0 Å². The molecule has 1 aromatic carbocycles. The Morgan fingerprint density at radius 3 is 2.63 bits per heavy atom. The summed E-state index contributed by atoms with van der Waals surface area (Å²) >= 11 is 3.39. The first-order valence-corrected chi connectivity index (χ1v) is 7.73. The maximum Gasteiger partial charge on any atom is 0.239 e. The fourth-order valence-corrected chi connectivity index (χ4v) is 2.80. The van der Waals surface area contributed by atoms with Gasteiger partial charge >= 0.3 is 0 Å². The lowest BCUT2D eigenvalue weighted by molar-refractivity contribution is -0.120. The van der Waals surface area contributed by atoms with Crippen molar-refractivity contribution in [2.45, 2.75) is 38.6 Å². The number of nitrogens with one attached hydrogen (secondary N) is 2. The molecule has 104 valence electrons. The number of amides is 1. The van der Waals surface area contributed by atoms with E-state index in [0.29, 0.717) is 18.5 Å². The van der Waals surface area contributed by atoms with Gasteiger partial charge in [0.05, 0.1) is 6.54 Å². The number of halogens is 1. The van der Waals surface area contributed by atoms with Crippen LogP contribution in [0.15, 0.2) is 28.7 Å². The van der Waals surface area contributed by atoms with Gasteiger partial charge in [-0.2, -0.15) is 0 Å². The Bertz CT molecular complexity index is 419. The van der Waals surface area contributed by atoms with Crippen molar-refractivity contribution in [2.24, 2.45) is 5.92 Å². The predicted molar refractivity (Wildman–Crippen MR) is 82.2 cm³/mol. The van der Waals surface area contributed by atoms with E-state index < -0.39 is 0 Å². The highest BCUT2D eigenvalue weighted by Crippen LogP contribution is 2.23. The third-order valence-electron chi connectivity index (χ3n) is 3.76. The molecule has 0 spiro atoms. The number of anilines is 1. The second kappa shape index (κ2) is 6.94. The van der Waals surface area contributed by atoms with Crippen LogP contribution in [0.25, 0.3) is 0 Å². The summed E-state index contributed by atoms with van der Waals surface area (Å²) in [5.41, 5.74) is 0.968. The summed E-state index contributed by atoms with van der Waals surface area (Å²) < 4.78 is 1.04. The number of hydrogen-bond acceptors (Lipinski definition) is 2. The minimum Gasteiger partial charge on any atom is -0.376 e. The molecule has 0 saturated heterocycles. The zero-order valence-corrected chi connectivity index (χ0v) is 12.9. The Morgan fingerprint density at radius 2 is 1.95 bits per heavy atom. The summed E-state index contributed by atoms with van der Waals surface area (Å²) in [4.78, 5) is 11.9. The summed E-state index contributed by atoms with van der Waals surface area (Å²) in [6, 6.07) is 8.20. The minimum absolute atomic E-state index is 0.0849. The van der Waals surface area contributed by atoms with E-state index in [1.165, 1.54) is 19.3 Å². The molecule has 1 fully saturated rings. The molecule has 0 aromatic heterocycles. The normalized spacial score (nSPS) is 22.8. The van der Waals surface area contributed by atoms with Crippen LogP contribution < -0.4 is 10.6 Å². The van der Waals surface area contributed by atoms with Gasteiger partial charge in [-0.15, -0.1) is 0 Å². The summed E-state index contributed by atoms with van der Waals surface area (Å²) in [5, 5.41) is 6.28. The number of benzene rings is 1. The van der Waals surface area contributed by atoms with Gasteiger partial charge in [0.15, 0.2) is 0 Å². The van der Waals surface area contributed by atoms with Crippen LogP contribution in [0.5, 0.6) is 0 Å². The Balaban J connectivity index is 1.76. The van der Waals surface area contributed by atoms with E-state index in [1.54, 1.807) is 0 Å². The molecular weight excluding hydrogens is 304 g/mol. The van der Waals surface area contributed by atoms with Crippen LogP contribution >= 0.6 is 15.9 Å². The zero-order chi connectivity index (χ0) is 13.7. The highest BCUT2D eigenvalue weighted by atomic mass is 79.9. The maximum absolute atomic E-state index is 11.9. The van der Waals surface area contributed by atoms with Gasteiger partial charge < -0.3 is 10.6 Å². The standard InChI is InChI=1S/C15H21BrN2O/c1-11-4-2-3-5-14(11)18-15(19)10-17-13-8-6-12(16)7-9-13/h6-9,11,14,17H,2-5,10H2,1H3,(H,18,19)/t11-,14-/m1/s1. The molecule has 0 heterocycles. The Morgan fingerprint density at radius 1 is 1.26 bits per heavy atom. The van der Waals surface area contributed by atoms with Crippen molar-refractivity contribution in [3.63, 3.8) is 0 Å². The lowest BCUT2D eigenvalue weighted by atomic mass is 9.86. The molecule has 0 aliphatic heterocycles. The van der Waals surface area contributed by atoms with E-state index in [4.69, 9.17) is 0 Å². The predicted octanol–water partition coefficient (Wildman–Crippen LogP) is 3.56. The number of rotatable bonds is 4. The number of hydrogen-bond donors (Lipinski definition) is 2. The molecule has 1 saturated carbocycles. The van der Waals surface area contributed by atoms with E-state index in [9.17, 15) is 4.79 Å². The first kappa shape index (κ1) is 14.4. The van der Waals surface area contributed by atoms with E-state index in [0.717, 1.165) is 16.6 Å². The van der Waals surface area contributed by atoms with Crippen LogP contribution in [0.3, 0.4) is 0 Å². The largest absolute Gasteiger partial charge is 0.376 e. The maximum atomic E-state index is 11.9. The van der Waals surface area contributed by atoms with E-state index in [1.807, 2.05) is 24.3 Å². The van der Waals surface area contributed by atoms with Crippen molar-refractivity contribution in [1.82, 2.24) is 5.32 Å². The van der Waals surface area contributed by atoms with Crippen LogP contribution in [-0.4, -0.2) is 18.5 Å². The highest BCUT2D eigenvalue weighted by Gasteiger charge is 2.22. The molecule has 3 nitrogen and oxygen atoms in total. The first-order chi connectivity index (χ1) is 9.15. The van der Waals surface area contributed by atoms with Gasteiger partial charge in [-0.1, -0.05) is 35.7 Å². The second-order valence-electron chi connectivity index (χ2n) is 5.30. The number of carbonyl (C=O) groups is 1. The second-order valence-corrected chi connectivity index (χ2v) is 6.21. The lowest BCUT2D eigenvalue weighted by Crippen LogP contribution is -2.43. The lowest BCUT2D eigenvalue weighted by Gasteiger charge is -2.29. The minimum atomic E-state index is 0.0849. The Labute approximate surface area is 123 Å². The summed E-state index contributed by atoms with van der Waals surface area (Å²) in [7, 11) is 0. The average Bonchev–Trinajstić information content (AvgIpc) is 2.41. The van der Waals surface area contributed by atoms with Crippen molar-refractivity contribution in [3.05, 3.63) is 28.7 Å².